The van der Waals surface area contributed by atoms with Crippen LogP contribution in [0.1, 0.15) is 5.56 Å². The van der Waals surface area contributed by atoms with Crippen molar-refractivity contribution in [1.29, 1.82) is 0 Å². The summed E-state index contributed by atoms with van der Waals surface area (Å²) in [6.45, 7) is -1.32. The highest BCUT2D eigenvalue weighted by Crippen LogP contribution is 2.31. The van der Waals surface area contributed by atoms with Gasteiger partial charge in [-0.15, -0.1) is 0 Å². The average molecular weight is 262 g/mol. The van der Waals surface area contributed by atoms with E-state index in [0.717, 1.165) is 18.1 Å². The summed E-state index contributed by atoms with van der Waals surface area (Å²) in [6, 6.07) is 0. The van der Waals surface area contributed by atoms with Crippen molar-refractivity contribution in [2.75, 3.05) is 0 Å². The third kappa shape index (κ3) is 1.93. The van der Waals surface area contributed by atoms with E-state index in [9.17, 15) is 26.3 Å². The Morgan fingerprint density at radius 3 is 1.78 bits per heavy atom. The second-order valence-corrected chi connectivity index (χ2v) is 3.72. The van der Waals surface area contributed by atoms with Crippen LogP contribution in [0.5, 0.6) is 0 Å². The molecule has 0 saturated carbocycles. The quantitative estimate of drug-likeness (QED) is 0.312. The maximum absolute atomic E-state index is 13.4. The van der Waals surface area contributed by atoms with Gasteiger partial charge in [-0.05, 0) is 11.9 Å². The van der Waals surface area contributed by atoms with Crippen LogP contribution in [0.2, 0.25) is 6.32 Å². The fourth-order valence-electron chi connectivity index (χ4n) is 1.64. The minimum absolute atomic E-state index is 0.175. The van der Waals surface area contributed by atoms with Gasteiger partial charge in [-0.25, -0.2) is 22.0 Å². The maximum atomic E-state index is 13.4. The van der Waals surface area contributed by atoms with Crippen LogP contribution in [-0.4, -0.2) is 6.99 Å². The van der Waals surface area contributed by atoms with E-state index in [1.165, 1.54) is 0 Å². The van der Waals surface area contributed by atoms with Gasteiger partial charge in [0.2, 0.25) is 5.82 Å². The van der Waals surface area contributed by atoms with E-state index in [-0.39, 0.29) is 11.9 Å². The Bertz CT molecular complexity index is 534. The zero-order chi connectivity index (χ0) is 13.4. The molecule has 0 unspecified atom stereocenters. The first-order chi connectivity index (χ1) is 8.43. The molecule has 1 aromatic carbocycles. The molecular weight excluding hydrogens is 257 g/mol. The zero-order valence-electron chi connectivity index (χ0n) is 8.78. The molecule has 0 aromatic heterocycles. The summed E-state index contributed by atoms with van der Waals surface area (Å²) >= 11 is 0. The molecule has 1 aliphatic rings. The summed E-state index contributed by atoms with van der Waals surface area (Å²) < 4.78 is 78.3. The molecule has 0 fully saturated rings. The van der Waals surface area contributed by atoms with Crippen LogP contribution in [0, 0.1) is 29.1 Å². The molecule has 0 radical (unpaired) electrons. The van der Waals surface area contributed by atoms with E-state index in [1.54, 1.807) is 0 Å². The average Bonchev–Trinajstić information content (AvgIpc) is 2.36. The maximum Gasteiger partial charge on any atom is 0.377 e. The summed E-state index contributed by atoms with van der Waals surface area (Å²) in [5, 5.41) is 0. The Hall–Kier alpha value is -1.66. The molecule has 0 bridgehead atoms. The number of allylic oxidation sites excluding steroid dienone is 3. The van der Waals surface area contributed by atoms with Gasteiger partial charge >= 0.3 is 6.99 Å². The van der Waals surface area contributed by atoms with Gasteiger partial charge in [0.1, 0.15) is 0 Å². The van der Waals surface area contributed by atoms with Crippen molar-refractivity contribution in [3.8, 4) is 0 Å². The normalized spacial score (nSPS) is 15.0. The Morgan fingerprint density at radius 1 is 0.833 bits per heavy atom. The topological polar surface area (TPSA) is 0 Å². The van der Waals surface area contributed by atoms with E-state index in [0.29, 0.717) is 0 Å². The second kappa shape index (κ2) is 4.55. The van der Waals surface area contributed by atoms with Crippen molar-refractivity contribution in [2.24, 2.45) is 0 Å². The predicted octanol–water partition coefficient (Wildman–Crippen LogP) is 3.84. The van der Waals surface area contributed by atoms with Gasteiger partial charge in [-0.2, -0.15) is 0 Å². The van der Waals surface area contributed by atoms with Crippen molar-refractivity contribution < 1.29 is 26.3 Å². The SMILES string of the molecule is FB1C=CC(c2c(F)c(F)c(F)c(F)c2F)=CC1. The van der Waals surface area contributed by atoms with E-state index in [4.69, 9.17) is 0 Å². The van der Waals surface area contributed by atoms with Crippen LogP contribution in [0.25, 0.3) is 5.57 Å². The number of hydrogen-bond acceptors (Lipinski definition) is 0. The molecule has 0 saturated heterocycles. The van der Waals surface area contributed by atoms with Crippen LogP contribution in [0.3, 0.4) is 0 Å². The fraction of sp³-hybridized carbons (Fsp3) is 0.0909. The summed E-state index contributed by atoms with van der Waals surface area (Å²) in [5.74, 6) is -9.08. The Balaban J connectivity index is 2.63. The molecule has 0 spiro atoms. The summed E-state index contributed by atoms with van der Waals surface area (Å²) in [5.41, 5.74) is -1.26. The lowest BCUT2D eigenvalue weighted by Gasteiger charge is -2.12. The molecule has 18 heavy (non-hydrogen) atoms. The van der Waals surface area contributed by atoms with Gasteiger partial charge in [-0.3, -0.25) is 0 Å². The first kappa shape index (κ1) is 12.8. The minimum atomic E-state index is -2.21. The van der Waals surface area contributed by atoms with Crippen LogP contribution in [0.15, 0.2) is 18.1 Å². The molecule has 0 atom stereocenters. The minimum Gasteiger partial charge on any atom is -0.330 e. The molecule has 0 amide bonds. The van der Waals surface area contributed by atoms with Crippen LogP contribution >= 0.6 is 0 Å². The Labute approximate surface area is 98.7 Å². The zero-order valence-corrected chi connectivity index (χ0v) is 8.78. The van der Waals surface area contributed by atoms with Crippen molar-refractivity contribution in [1.82, 2.24) is 0 Å². The van der Waals surface area contributed by atoms with Crippen molar-refractivity contribution in [3.05, 3.63) is 52.8 Å². The van der Waals surface area contributed by atoms with Crippen molar-refractivity contribution in [3.63, 3.8) is 0 Å². The molecule has 0 N–H and O–H groups in total. The molecule has 0 nitrogen and oxygen atoms in total. The molecule has 1 heterocycles. The summed E-state index contributed by atoms with van der Waals surface area (Å²) in [7, 11) is 0. The van der Waals surface area contributed by atoms with Gasteiger partial charge in [0.15, 0.2) is 23.3 Å². The van der Waals surface area contributed by atoms with Crippen LogP contribution in [-0.2, 0) is 0 Å². The summed E-state index contributed by atoms with van der Waals surface area (Å²) in [4.78, 5) is 0. The molecule has 1 aliphatic heterocycles. The first-order valence-electron chi connectivity index (χ1n) is 4.97. The molecule has 94 valence electrons. The predicted molar refractivity (Wildman–Crippen MR) is 55.0 cm³/mol. The molecule has 0 aliphatic carbocycles. The first-order valence-corrected chi connectivity index (χ1v) is 4.97. The molecule has 1 aromatic rings. The second-order valence-electron chi connectivity index (χ2n) is 3.72. The van der Waals surface area contributed by atoms with E-state index >= 15 is 0 Å². The smallest absolute Gasteiger partial charge is 0.330 e. The van der Waals surface area contributed by atoms with Gasteiger partial charge in [0, 0.05) is 0 Å². The van der Waals surface area contributed by atoms with Gasteiger partial charge in [0.25, 0.3) is 0 Å². The van der Waals surface area contributed by atoms with Gasteiger partial charge in [0.05, 0.1) is 5.56 Å². The number of benzene rings is 1. The highest BCUT2D eigenvalue weighted by Gasteiger charge is 2.28. The van der Waals surface area contributed by atoms with Crippen LogP contribution < -0.4 is 0 Å². The third-order valence-corrected chi connectivity index (χ3v) is 2.55. The van der Waals surface area contributed by atoms with E-state index < -0.39 is 41.6 Å². The molecular formula is C11H5BF6. The van der Waals surface area contributed by atoms with Crippen molar-refractivity contribution >= 4 is 12.6 Å². The lowest BCUT2D eigenvalue weighted by Crippen LogP contribution is -2.09. The lowest BCUT2D eigenvalue weighted by molar-refractivity contribution is 0.376. The number of hydrogen-bond donors (Lipinski definition) is 0. The highest BCUT2D eigenvalue weighted by atomic mass is 19.2. The van der Waals surface area contributed by atoms with Crippen LogP contribution in [0.4, 0.5) is 26.3 Å². The van der Waals surface area contributed by atoms with Gasteiger partial charge < -0.3 is 4.32 Å². The largest absolute Gasteiger partial charge is 0.377 e. The molecule has 7 heteroatoms. The fourth-order valence-corrected chi connectivity index (χ4v) is 1.64. The standard InChI is InChI=1S/C11H5BF6/c13-7-6(5-1-3-12(18)4-2-5)8(14)10(16)11(17)9(7)15/h1-3H,4H2. The Kier molecular flexibility index (Phi) is 3.23. The number of halogens is 6. The lowest BCUT2D eigenvalue weighted by atomic mass is 9.65. The molecule has 2 rings (SSSR count). The van der Waals surface area contributed by atoms with E-state index in [2.05, 4.69) is 0 Å². The van der Waals surface area contributed by atoms with E-state index in [1.807, 2.05) is 0 Å². The summed E-state index contributed by atoms with van der Waals surface area (Å²) in [6.07, 6.45) is 1.90. The van der Waals surface area contributed by atoms with Crippen molar-refractivity contribution in [2.45, 2.75) is 6.32 Å². The third-order valence-electron chi connectivity index (χ3n) is 2.55. The Morgan fingerprint density at radius 2 is 1.33 bits per heavy atom. The highest BCUT2D eigenvalue weighted by molar-refractivity contribution is 6.58. The monoisotopic (exact) mass is 262 g/mol. The van der Waals surface area contributed by atoms with Gasteiger partial charge in [-0.1, -0.05) is 18.1 Å². The number of rotatable bonds is 1.